The van der Waals surface area contributed by atoms with Crippen molar-refractivity contribution < 1.29 is 5.11 Å². The van der Waals surface area contributed by atoms with E-state index in [0.29, 0.717) is 6.04 Å². The Bertz CT molecular complexity index is 498. The van der Waals surface area contributed by atoms with Gasteiger partial charge in [0.15, 0.2) is 0 Å². The highest BCUT2D eigenvalue weighted by atomic mass is 16.3. The fourth-order valence-corrected chi connectivity index (χ4v) is 2.33. The smallest absolute Gasteiger partial charge is 0.0681 e. The minimum absolute atomic E-state index is 0.105. The van der Waals surface area contributed by atoms with E-state index in [2.05, 4.69) is 47.4 Å². The van der Waals surface area contributed by atoms with Gasteiger partial charge in [0, 0.05) is 25.0 Å². The summed E-state index contributed by atoms with van der Waals surface area (Å²) >= 11 is 0. The second-order valence-electron chi connectivity index (χ2n) is 4.84. The van der Waals surface area contributed by atoms with Gasteiger partial charge in [0.25, 0.3) is 0 Å². The van der Waals surface area contributed by atoms with Crippen LogP contribution in [-0.2, 0) is 13.2 Å². The highest BCUT2D eigenvalue weighted by molar-refractivity contribution is 5.23. The molecule has 1 unspecified atom stereocenters. The average molecular weight is 258 g/mol. The zero-order chi connectivity index (χ0) is 13.7. The maximum absolute atomic E-state index is 9.02. The molecule has 0 saturated carbocycles. The first kappa shape index (κ1) is 13.8. The molecule has 3 heteroatoms. The predicted octanol–water partition coefficient (Wildman–Crippen LogP) is 2.70. The highest BCUT2D eigenvalue weighted by Gasteiger charge is 2.07. The fourth-order valence-electron chi connectivity index (χ4n) is 2.33. The van der Waals surface area contributed by atoms with E-state index < -0.39 is 0 Å². The molecule has 1 aromatic heterocycles. The number of nitrogens with one attached hydrogen (secondary N) is 1. The molecule has 0 bridgehead atoms. The van der Waals surface area contributed by atoms with Crippen LogP contribution in [0, 0.1) is 0 Å². The van der Waals surface area contributed by atoms with Crippen molar-refractivity contribution in [3.8, 4) is 0 Å². The van der Waals surface area contributed by atoms with Gasteiger partial charge in [0.1, 0.15) is 0 Å². The van der Waals surface area contributed by atoms with Crippen LogP contribution in [0.1, 0.15) is 36.1 Å². The van der Waals surface area contributed by atoms with Crippen LogP contribution in [0.3, 0.4) is 0 Å². The van der Waals surface area contributed by atoms with E-state index in [4.69, 9.17) is 5.11 Å². The van der Waals surface area contributed by atoms with E-state index in [1.165, 1.54) is 11.1 Å². The van der Waals surface area contributed by atoms with Gasteiger partial charge in [-0.25, -0.2) is 0 Å². The third-order valence-electron chi connectivity index (χ3n) is 3.50. The molecule has 0 fully saturated rings. The van der Waals surface area contributed by atoms with Crippen LogP contribution < -0.4 is 5.32 Å². The first-order valence-corrected chi connectivity index (χ1v) is 6.78. The predicted molar refractivity (Wildman–Crippen MR) is 78.0 cm³/mol. The van der Waals surface area contributed by atoms with Crippen molar-refractivity contribution in [3.05, 3.63) is 59.4 Å². The van der Waals surface area contributed by atoms with Crippen LogP contribution in [0.2, 0.25) is 0 Å². The lowest BCUT2D eigenvalue weighted by Gasteiger charge is -2.11. The van der Waals surface area contributed by atoms with Gasteiger partial charge in [-0.2, -0.15) is 0 Å². The van der Waals surface area contributed by atoms with Crippen LogP contribution in [0.5, 0.6) is 0 Å². The Morgan fingerprint density at radius 2 is 1.84 bits per heavy atom. The molecule has 0 radical (unpaired) electrons. The van der Waals surface area contributed by atoms with E-state index in [0.717, 1.165) is 18.5 Å². The van der Waals surface area contributed by atoms with Crippen molar-refractivity contribution >= 4 is 0 Å². The van der Waals surface area contributed by atoms with Crippen molar-refractivity contribution in [2.45, 2.75) is 32.5 Å². The van der Waals surface area contributed by atoms with Gasteiger partial charge in [-0.3, -0.25) is 0 Å². The normalized spacial score (nSPS) is 12.6. The molecule has 2 N–H and O–H groups in total. The van der Waals surface area contributed by atoms with Crippen molar-refractivity contribution in [2.24, 2.45) is 0 Å². The maximum atomic E-state index is 9.02. The molecule has 0 aliphatic carbocycles. The number of hydrogen-bond acceptors (Lipinski definition) is 2. The molecular weight excluding hydrogens is 236 g/mol. The average Bonchev–Trinajstić information content (AvgIpc) is 2.89. The van der Waals surface area contributed by atoms with Gasteiger partial charge < -0.3 is 15.0 Å². The number of hydrogen-bond donors (Lipinski definition) is 2. The zero-order valence-electron chi connectivity index (χ0n) is 11.6. The Kier molecular flexibility index (Phi) is 4.77. The van der Waals surface area contributed by atoms with Crippen LogP contribution >= 0.6 is 0 Å². The molecule has 3 nitrogen and oxygen atoms in total. The van der Waals surface area contributed by atoms with Gasteiger partial charge in [0.2, 0.25) is 0 Å². The largest absolute Gasteiger partial charge is 0.392 e. The lowest BCUT2D eigenvalue weighted by molar-refractivity contribution is 0.282. The Morgan fingerprint density at radius 3 is 2.42 bits per heavy atom. The molecule has 102 valence electrons. The van der Waals surface area contributed by atoms with Crippen molar-refractivity contribution in [3.63, 3.8) is 0 Å². The van der Waals surface area contributed by atoms with Crippen LogP contribution in [0.25, 0.3) is 0 Å². The molecule has 0 saturated heterocycles. The quantitative estimate of drug-likeness (QED) is 0.836. The van der Waals surface area contributed by atoms with Gasteiger partial charge in [-0.1, -0.05) is 31.2 Å². The fraction of sp³-hybridized carbons (Fsp3) is 0.375. The molecule has 2 rings (SSSR count). The van der Waals surface area contributed by atoms with E-state index in [1.807, 2.05) is 19.2 Å². The first-order valence-electron chi connectivity index (χ1n) is 6.78. The van der Waals surface area contributed by atoms with Gasteiger partial charge in [-0.05, 0) is 36.2 Å². The van der Waals surface area contributed by atoms with E-state index >= 15 is 0 Å². The first-order chi connectivity index (χ1) is 9.26. The van der Waals surface area contributed by atoms with E-state index in [-0.39, 0.29) is 6.61 Å². The summed E-state index contributed by atoms with van der Waals surface area (Å²) in [6.45, 7) is 3.16. The number of aliphatic hydroxyl groups is 1. The number of aromatic nitrogens is 1. The number of nitrogens with zero attached hydrogens (tertiary/aromatic N) is 1. The van der Waals surface area contributed by atoms with E-state index in [9.17, 15) is 0 Å². The Hall–Kier alpha value is -1.58. The summed E-state index contributed by atoms with van der Waals surface area (Å²) in [4.78, 5) is 0. The molecule has 1 heterocycles. The third-order valence-corrected chi connectivity index (χ3v) is 3.50. The molecule has 19 heavy (non-hydrogen) atoms. The second-order valence-corrected chi connectivity index (χ2v) is 4.84. The molecule has 1 atom stereocenters. The summed E-state index contributed by atoms with van der Waals surface area (Å²) < 4.78 is 2.20. The van der Waals surface area contributed by atoms with Crippen LogP contribution in [-0.4, -0.2) is 16.7 Å². The third kappa shape index (κ3) is 3.46. The molecule has 0 amide bonds. The second kappa shape index (κ2) is 6.55. The Balaban J connectivity index is 2.06. The summed E-state index contributed by atoms with van der Waals surface area (Å²) in [5.74, 6) is 0. The summed E-state index contributed by atoms with van der Waals surface area (Å²) in [7, 11) is 2.00. The SMILES string of the molecule is CCC(NC)c1ccn(Cc2ccc(CO)cc2)c1. The van der Waals surface area contributed by atoms with Gasteiger partial charge >= 0.3 is 0 Å². The molecule has 1 aromatic carbocycles. The minimum Gasteiger partial charge on any atom is -0.392 e. The summed E-state index contributed by atoms with van der Waals surface area (Å²) in [5.41, 5.74) is 3.53. The van der Waals surface area contributed by atoms with Gasteiger partial charge in [0.05, 0.1) is 6.61 Å². The lowest BCUT2D eigenvalue weighted by atomic mass is 10.1. The summed E-state index contributed by atoms with van der Waals surface area (Å²) in [6, 6.07) is 10.7. The topological polar surface area (TPSA) is 37.2 Å². The zero-order valence-corrected chi connectivity index (χ0v) is 11.6. The number of rotatable bonds is 6. The molecule has 0 aliphatic heterocycles. The Labute approximate surface area is 114 Å². The molecular formula is C16H22N2O. The molecule has 2 aromatic rings. The van der Waals surface area contributed by atoms with Crippen LogP contribution in [0.4, 0.5) is 0 Å². The van der Waals surface area contributed by atoms with E-state index in [1.54, 1.807) is 0 Å². The van der Waals surface area contributed by atoms with Crippen LogP contribution in [0.15, 0.2) is 42.7 Å². The highest BCUT2D eigenvalue weighted by Crippen LogP contribution is 2.17. The van der Waals surface area contributed by atoms with Crippen molar-refractivity contribution in [1.29, 1.82) is 0 Å². The maximum Gasteiger partial charge on any atom is 0.0681 e. The lowest BCUT2D eigenvalue weighted by Crippen LogP contribution is -2.14. The molecule has 0 aliphatic rings. The standard InChI is InChI=1S/C16H22N2O/c1-3-16(17-2)15-8-9-18(11-15)10-13-4-6-14(12-19)7-5-13/h4-9,11,16-17,19H,3,10,12H2,1-2H3. The molecule has 0 spiro atoms. The summed E-state index contributed by atoms with van der Waals surface area (Å²) in [6.07, 6.45) is 5.41. The minimum atomic E-state index is 0.105. The van der Waals surface area contributed by atoms with Crippen molar-refractivity contribution in [1.82, 2.24) is 9.88 Å². The monoisotopic (exact) mass is 258 g/mol. The van der Waals surface area contributed by atoms with Crippen molar-refractivity contribution in [2.75, 3.05) is 7.05 Å². The Morgan fingerprint density at radius 1 is 1.16 bits per heavy atom. The summed E-state index contributed by atoms with van der Waals surface area (Å²) in [5, 5.41) is 12.3. The number of benzene rings is 1. The number of aliphatic hydroxyl groups excluding tert-OH is 1. The van der Waals surface area contributed by atoms with Gasteiger partial charge in [-0.15, -0.1) is 0 Å².